The van der Waals surface area contributed by atoms with Gasteiger partial charge in [0.2, 0.25) is 0 Å². The van der Waals surface area contributed by atoms with Crippen LogP contribution in [0.15, 0.2) is 11.6 Å². The van der Waals surface area contributed by atoms with E-state index in [2.05, 4.69) is 34.6 Å². The van der Waals surface area contributed by atoms with Gasteiger partial charge in [0, 0.05) is 12.3 Å². The lowest BCUT2D eigenvalue weighted by Crippen LogP contribution is -2.68. The molecule has 1 heterocycles. The maximum absolute atomic E-state index is 12.5. The first-order valence-corrected chi connectivity index (χ1v) is 16.9. The van der Waals surface area contributed by atoms with E-state index in [-0.39, 0.29) is 60.2 Å². The molecule has 43 heavy (non-hydrogen) atoms. The Morgan fingerprint density at radius 3 is 2.30 bits per heavy atom. The summed E-state index contributed by atoms with van der Waals surface area (Å²) >= 11 is 0. The minimum Gasteiger partial charge on any atom is -0.393 e. The van der Waals surface area contributed by atoms with Gasteiger partial charge in [-0.1, -0.05) is 46.3 Å². The van der Waals surface area contributed by atoms with Gasteiger partial charge in [-0.2, -0.15) is 0 Å². The maximum Gasteiger partial charge on any atom is 0.186 e. The molecule has 4 saturated carbocycles. The van der Waals surface area contributed by atoms with E-state index in [1.807, 2.05) is 6.08 Å². The van der Waals surface area contributed by atoms with Crippen LogP contribution in [0.2, 0.25) is 0 Å². The van der Waals surface area contributed by atoms with Crippen molar-refractivity contribution in [1.29, 1.82) is 0 Å². The summed E-state index contributed by atoms with van der Waals surface area (Å²) in [5.74, 6) is 0.560. The molecular weight excluding hydrogens is 552 g/mol. The SMILES string of the molecule is CC(C)/C(=C/CO[C@@H]1OC[C@@H](O)[C@H](O)[C@H]1O)CC[C@@H](C)[C@H]1C[C@@H](O)[C@@H]2[C@]1(C)CC[C@@H]1[C@@]3(C)CC[C@H](O)C[C@@H]3[C@@H](O)C[C@]12O. The van der Waals surface area contributed by atoms with Crippen LogP contribution in [0.25, 0.3) is 0 Å². The lowest BCUT2D eigenvalue weighted by atomic mass is 9.42. The van der Waals surface area contributed by atoms with Crippen LogP contribution in [-0.2, 0) is 9.47 Å². The Balaban J connectivity index is 1.25. The molecule has 5 aliphatic rings. The Morgan fingerprint density at radius 2 is 1.60 bits per heavy atom. The summed E-state index contributed by atoms with van der Waals surface area (Å²) in [6.07, 6.45) is 2.24. The van der Waals surface area contributed by atoms with Gasteiger partial charge in [-0.15, -0.1) is 0 Å². The minimum atomic E-state index is -1.31. The normalized spacial score (nSPS) is 51.1. The summed E-state index contributed by atoms with van der Waals surface area (Å²) in [6, 6.07) is 0. The Kier molecular flexibility index (Phi) is 9.83. The van der Waals surface area contributed by atoms with E-state index in [4.69, 9.17) is 9.47 Å². The third-order valence-corrected chi connectivity index (χ3v) is 13.1. The van der Waals surface area contributed by atoms with Gasteiger partial charge < -0.3 is 45.2 Å². The lowest BCUT2D eigenvalue weighted by Gasteiger charge is -2.66. The summed E-state index contributed by atoms with van der Waals surface area (Å²) in [7, 11) is 0. The molecule has 4 aliphatic carbocycles. The zero-order valence-electron chi connectivity index (χ0n) is 26.8. The van der Waals surface area contributed by atoms with E-state index in [1.54, 1.807) is 0 Å². The molecule has 1 saturated heterocycles. The van der Waals surface area contributed by atoms with E-state index in [9.17, 15) is 35.7 Å². The Morgan fingerprint density at radius 1 is 0.907 bits per heavy atom. The lowest BCUT2D eigenvalue weighted by molar-refractivity contribution is -0.266. The van der Waals surface area contributed by atoms with Crippen molar-refractivity contribution in [3.05, 3.63) is 11.6 Å². The Hall–Kier alpha value is -0.620. The van der Waals surface area contributed by atoms with Gasteiger partial charge in [0.25, 0.3) is 0 Å². The first-order chi connectivity index (χ1) is 20.1. The van der Waals surface area contributed by atoms with Gasteiger partial charge in [0.1, 0.15) is 18.3 Å². The number of ether oxygens (including phenoxy) is 2. The summed E-state index contributed by atoms with van der Waals surface area (Å²) < 4.78 is 11.1. The van der Waals surface area contributed by atoms with Crippen LogP contribution < -0.4 is 0 Å². The third-order valence-electron chi connectivity index (χ3n) is 13.1. The fourth-order valence-electron chi connectivity index (χ4n) is 10.8. The molecule has 7 N–H and O–H groups in total. The van der Waals surface area contributed by atoms with Gasteiger partial charge in [-0.25, -0.2) is 0 Å². The third kappa shape index (κ3) is 5.89. The van der Waals surface area contributed by atoms with Crippen molar-refractivity contribution in [1.82, 2.24) is 0 Å². The summed E-state index contributed by atoms with van der Waals surface area (Å²) in [6.45, 7) is 11.2. The molecule has 0 aromatic heterocycles. The van der Waals surface area contributed by atoms with Crippen molar-refractivity contribution in [2.24, 2.45) is 46.3 Å². The smallest absolute Gasteiger partial charge is 0.186 e. The standard InChI is InChI=1S/C34H58O9/c1-18(2)20(10-13-42-31-29(40)28(39)26(38)17-43-31)7-6-19(3)22-15-24(36)30-33(22,5)12-9-27-32(4)11-8-21(35)14-23(32)25(37)16-34(27,30)41/h10,18-19,21-31,35-41H,6-9,11-17H2,1-5H3/b20-10+/t19-,21+,22-,23-,24-,25+,26-,27-,28+,29-,30-,31-,32+,33-,34+/m1/s1. The average molecular weight is 611 g/mol. The highest BCUT2D eigenvalue weighted by molar-refractivity contribution is 5.20. The maximum atomic E-state index is 12.5. The van der Waals surface area contributed by atoms with Crippen molar-refractivity contribution in [3.8, 4) is 0 Å². The van der Waals surface area contributed by atoms with E-state index in [1.165, 1.54) is 5.57 Å². The Labute approximate surface area is 257 Å². The number of rotatable bonds is 8. The molecule has 0 aromatic rings. The number of fused-ring (bicyclic) bond motifs is 5. The van der Waals surface area contributed by atoms with E-state index in [0.29, 0.717) is 31.1 Å². The zero-order chi connectivity index (χ0) is 31.5. The van der Waals surface area contributed by atoms with Crippen LogP contribution >= 0.6 is 0 Å². The average Bonchev–Trinajstić information content (AvgIpc) is 3.22. The first kappa shape index (κ1) is 33.7. The van der Waals surface area contributed by atoms with Crippen molar-refractivity contribution in [3.63, 3.8) is 0 Å². The van der Waals surface area contributed by atoms with Crippen LogP contribution in [0.5, 0.6) is 0 Å². The van der Waals surface area contributed by atoms with Crippen molar-refractivity contribution in [2.45, 2.75) is 141 Å². The molecule has 0 radical (unpaired) electrons. The summed E-state index contributed by atoms with van der Waals surface area (Å²) in [4.78, 5) is 0. The quantitative estimate of drug-likeness (QED) is 0.205. The number of hydrogen-bond acceptors (Lipinski definition) is 9. The van der Waals surface area contributed by atoms with Crippen LogP contribution in [0.4, 0.5) is 0 Å². The topological polar surface area (TPSA) is 160 Å². The number of hydrogen-bond donors (Lipinski definition) is 7. The first-order valence-electron chi connectivity index (χ1n) is 16.9. The molecule has 0 amide bonds. The fraction of sp³-hybridized carbons (Fsp3) is 0.941. The predicted molar refractivity (Wildman–Crippen MR) is 160 cm³/mol. The minimum absolute atomic E-state index is 0.00852. The van der Waals surface area contributed by atoms with Crippen molar-refractivity contribution < 1.29 is 45.2 Å². The molecule has 0 spiro atoms. The fourth-order valence-corrected chi connectivity index (χ4v) is 10.8. The van der Waals surface area contributed by atoms with Gasteiger partial charge in [-0.05, 0) is 91.8 Å². The predicted octanol–water partition coefficient (Wildman–Crippen LogP) is 2.52. The van der Waals surface area contributed by atoms with E-state index < -0.39 is 42.4 Å². The summed E-state index contributed by atoms with van der Waals surface area (Å²) in [5.41, 5.74) is -0.365. The van der Waals surface area contributed by atoms with Crippen molar-refractivity contribution in [2.75, 3.05) is 13.2 Å². The molecular formula is C34H58O9. The number of aliphatic hydroxyl groups excluding tert-OH is 6. The van der Waals surface area contributed by atoms with Gasteiger partial charge in [0.15, 0.2) is 6.29 Å². The molecule has 0 bridgehead atoms. The van der Waals surface area contributed by atoms with Gasteiger partial charge >= 0.3 is 0 Å². The second-order valence-corrected chi connectivity index (χ2v) is 15.8. The van der Waals surface area contributed by atoms with Crippen LogP contribution in [0.1, 0.15) is 92.4 Å². The number of allylic oxidation sites excluding steroid dienone is 1. The van der Waals surface area contributed by atoms with Gasteiger partial charge in [0.05, 0.1) is 37.1 Å². The molecule has 1 aliphatic heterocycles. The van der Waals surface area contributed by atoms with Crippen LogP contribution in [-0.4, -0.2) is 97.5 Å². The molecule has 248 valence electrons. The largest absolute Gasteiger partial charge is 0.393 e. The molecule has 9 nitrogen and oxygen atoms in total. The molecule has 5 fully saturated rings. The van der Waals surface area contributed by atoms with Crippen molar-refractivity contribution >= 4 is 0 Å². The highest BCUT2D eigenvalue weighted by Gasteiger charge is 2.70. The monoisotopic (exact) mass is 610 g/mol. The molecule has 0 aromatic carbocycles. The second-order valence-electron chi connectivity index (χ2n) is 15.8. The summed E-state index contributed by atoms with van der Waals surface area (Å²) in [5, 5.41) is 75.6. The molecule has 15 atom stereocenters. The van der Waals surface area contributed by atoms with Gasteiger partial charge in [-0.3, -0.25) is 0 Å². The van der Waals surface area contributed by atoms with Crippen LogP contribution in [0, 0.1) is 46.3 Å². The highest BCUT2D eigenvalue weighted by Crippen LogP contribution is 2.69. The molecule has 5 rings (SSSR count). The zero-order valence-corrected chi connectivity index (χ0v) is 26.8. The van der Waals surface area contributed by atoms with E-state index in [0.717, 1.165) is 32.1 Å². The van der Waals surface area contributed by atoms with E-state index >= 15 is 0 Å². The molecule has 0 unspecified atom stereocenters. The number of aliphatic hydroxyl groups is 7. The second kappa shape index (κ2) is 12.5. The van der Waals surface area contributed by atoms with Crippen LogP contribution in [0.3, 0.4) is 0 Å². The Bertz CT molecular complexity index is 1000. The molecule has 9 heteroatoms. The highest BCUT2D eigenvalue weighted by atomic mass is 16.7.